The number of aromatic nitrogens is 1. The van der Waals surface area contributed by atoms with Crippen molar-refractivity contribution in [1.82, 2.24) is 4.98 Å². The van der Waals surface area contributed by atoms with E-state index < -0.39 is 5.82 Å². The minimum absolute atomic E-state index is 0.0292. The molecule has 0 atom stereocenters. The van der Waals surface area contributed by atoms with Crippen LogP contribution in [0.25, 0.3) is 0 Å². The summed E-state index contributed by atoms with van der Waals surface area (Å²) in [4.78, 5) is 4.08. The summed E-state index contributed by atoms with van der Waals surface area (Å²) in [6.45, 7) is 0.253. The first-order chi connectivity index (χ1) is 8.15. The topological polar surface area (TPSA) is 22.1 Å². The van der Waals surface area contributed by atoms with Crippen molar-refractivity contribution in [3.63, 3.8) is 0 Å². The summed E-state index contributed by atoms with van der Waals surface area (Å²) in [5.74, 6) is 0.0121. The van der Waals surface area contributed by atoms with Crippen molar-refractivity contribution in [1.29, 1.82) is 0 Å². The quantitative estimate of drug-likeness (QED) is 0.838. The van der Waals surface area contributed by atoms with Crippen molar-refractivity contribution in [2.45, 2.75) is 6.61 Å². The number of pyridine rings is 1. The Labute approximate surface area is 108 Å². The van der Waals surface area contributed by atoms with Gasteiger partial charge < -0.3 is 4.74 Å². The molecule has 0 fully saturated rings. The van der Waals surface area contributed by atoms with Crippen LogP contribution < -0.4 is 4.74 Å². The largest absolute Gasteiger partial charge is 0.487 e. The molecular weight excluding hydrogens is 264 g/mol. The number of hydrogen-bond acceptors (Lipinski definition) is 2. The summed E-state index contributed by atoms with van der Waals surface area (Å²) < 4.78 is 18.3. The van der Waals surface area contributed by atoms with Crippen LogP contribution in [0.15, 0.2) is 36.5 Å². The van der Waals surface area contributed by atoms with Crippen LogP contribution in [-0.4, -0.2) is 4.98 Å². The maximum Gasteiger partial charge on any atom is 0.142 e. The van der Waals surface area contributed by atoms with Gasteiger partial charge in [0.05, 0.1) is 10.7 Å². The average Bonchev–Trinajstić information content (AvgIpc) is 2.31. The Morgan fingerprint density at radius 1 is 1.18 bits per heavy atom. The minimum atomic E-state index is -0.472. The van der Waals surface area contributed by atoms with Gasteiger partial charge in [-0.3, -0.25) is 4.98 Å². The molecule has 88 valence electrons. The lowest BCUT2D eigenvalue weighted by molar-refractivity contribution is 0.301. The van der Waals surface area contributed by atoms with Crippen LogP contribution in [0.2, 0.25) is 10.0 Å². The Balaban J connectivity index is 2.05. The summed E-state index contributed by atoms with van der Waals surface area (Å²) in [5, 5.41) is 0.622. The fraction of sp³-hybridized carbons (Fsp3) is 0.0833. The van der Waals surface area contributed by atoms with Crippen molar-refractivity contribution < 1.29 is 9.13 Å². The SMILES string of the molecule is Fc1ccc(OCc2cc(Cl)ccn2)cc1Cl. The van der Waals surface area contributed by atoms with Crippen molar-refractivity contribution in [2.75, 3.05) is 0 Å². The van der Waals surface area contributed by atoms with Gasteiger partial charge in [0.1, 0.15) is 18.2 Å². The van der Waals surface area contributed by atoms with Crippen molar-refractivity contribution >= 4 is 23.2 Å². The zero-order valence-corrected chi connectivity index (χ0v) is 10.2. The third-order valence-electron chi connectivity index (χ3n) is 2.06. The highest BCUT2D eigenvalue weighted by Gasteiger charge is 2.02. The van der Waals surface area contributed by atoms with Gasteiger partial charge in [-0.25, -0.2) is 4.39 Å². The second kappa shape index (κ2) is 5.34. The normalized spacial score (nSPS) is 10.3. The van der Waals surface area contributed by atoms with Crippen molar-refractivity contribution in [2.24, 2.45) is 0 Å². The fourth-order valence-electron chi connectivity index (χ4n) is 1.25. The molecule has 0 saturated heterocycles. The molecule has 17 heavy (non-hydrogen) atoms. The summed E-state index contributed by atoms with van der Waals surface area (Å²) in [6.07, 6.45) is 1.60. The lowest BCUT2D eigenvalue weighted by atomic mass is 10.3. The number of hydrogen-bond donors (Lipinski definition) is 0. The van der Waals surface area contributed by atoms with Crippen LogP contribution in [0.1, 0.15) is 5.69 Å². The van der Waals surface area contributed by atoms with Gasteiger partial charge in [-0.05, 0) is 24.3 Å². The molecule has 0 radical (unpaired) electrons. The highest BCUT2D eigenvalue weighted by Crippen LogP contribution is 2.21. The zero-order chi connectivity index (χ0) is 12.3. The Hall–Kier alpha value is -1.32. The molecule has 0 bridgehead atoms. The first kappa shape index (κ1) is 12.1. The number of rotatable bonds is 3. The zero-order valence-electron chi connectivity index (χ0n) is 8.66. The lowest BCUT2D eigenvalue weighted by Gasteiger charge is -2.06. The molecule has 0 unspecified atom stereocenters. The molecule has 1 heterocycles. The van der Waals surface area contributed by atoms with Crippen LogP contribution in [0.3, 0.4) is 0 Å². The second-order valence-corrected chi connectivity index (χ2v) is 4.17. The molecule has 0 saturated carbocycles. The first-order valence-corrected chi connectivity index (χ1v) is 5.59. The van der Waals surface area contributed by atoms with E-state index in [9.17, 15) is 4.39 Å². The summed E-state index contributed by atoms with van der Waals surface area (Å²) in [7, 11) is 0. The second-order valence-electron chi connectivity index (χ2n) is 3.33. The van der Waals surface area contributed by atoms with E-state index in [0.29, 0.717) is 16.5 Å². The van der Waals surface area contributed by atoms with Crippen LogP contribution in [0.5, 0.6) is 5.75 Å². The summed E-state index contributed by atoms with van der Waals surface area (Å²) >= 11 is 11.4. The van der Waals surface area contributed by atoms with E-state index in [1.165, 1.54) is 18.2 Å². The van der Waals surface area contributed by atoms with E-state index in [4.69, 9.17) is 27.9 Å². The van der Waals surface area contributed by atoms with Crippen LogP contribution in [-0.2, 0) is 6.61 Å². The first-order valence-electron chi connectivity index (χ1n) is 4.83. The molecule has 2 nitrogen and oxygen atoms in total. The Kier molecular flexibility index (Phi) is 3.82. The Morgan fingerprint density at radius 2 is 2.00 bits per heavy atom. The fourth-order valence-corrected chi connectivity index (χ4v) is 1.60. The Morgan fingerprint density at radius 3 is 2.71 bits per heavy atom. The summed E-state index contributed by atoms with van der Waals surface area (Å²) in [5.41, 5.74) is 0.693. The van der Waals surface area contributed by atoms with Crippen LogP contribution in [0.4, 0.5) is 4.39 Å². The van der Waals surface area contributed by atoms with Gasteiger partial charge in [-0.1, -0.05) is 23.2 Å². The standard InChI is InChI=1S/C12H8Cl2FNO/c13-8-3-4-16-9(5-8)7-17-10-1-2-12(15)11(14)6-10/h1-6H,7H2. The smallest absolute Gasteiger partial charge is 0.142 e. The number of nitrogens with zero attached hydrogens (tertiary/aromatic N) is 1. The summed E-state index contributed by atoms with van der Waals surface area (Å²) in [6, 6.07) is 7.56. The predicted octanol–water partition coefficient (Wildman–Crippen LogP) is 4.11. The van der Waals surface area contributed by atoms with E-state index in [2.05, 4.69) is 4.98 Å². The highest BCUT2D eigenvalue weighted by molar-refractivity contribution is 6.31. The van der Waals surface area contributed by atoms with Gasteiger partial charge in [0.2, 0.25) is 0 Å². The third-order valence-corrected chi connectivity index (χ3v) is 2.58. The van der Waals surface area contributed by atoms with Crippen LogP contribution >= 0.6 is 23.2 Å². The molecular formula is C12H8Cl2FNO. The van der Waals surface area contributed by atoms with Gasteiger partial charge in [-0.15, -0.1) is 0 Å². The Bertz CT molecular complexity index is 534. The third kappa shape index (κ3) is 3.32. The van der Waals surface area contributed by atoms with Gasteiger partial charge in [0, 0.05) is 17.3 Å². The van der Waals surface area contributed by atoms with Gasteiger partial charge >= 0.3 is 0 Å². The molecule has 0 aliphatic rings. The van der Waals surface area contributed by atoms with Crippen molar-refractivity contribution in [3.05, 3.63) is 58.1 Å². The molecule has 0 aliphatic carbocycles. The minimum Gasteiger partial charge on any atom is -0.487 e. The molecule has 5 heteroatoms. The van der Waals surface area contributed by atoms with Crippen molar-refractivity contribution in [3.8, 4) is 5.75 Å². The molecule has 1 aromatic heterocycles. The van der Waals surface area contributed by atoms with Gasteiger partial charge in [0.15, 0.2) is 0 Å². The lowest BCUT2D eigenvalue weighted by Crippen LogP contribution is -1.98. The molecule has 2 rings (SSSR count). The molecule has 2 aromatic rings. The average molecular weight is 272 g/mol. The predicted molar refractivity (Wildman–Crippen MR) is 65.0 cm³/mol. The number of halogens is 3. The van der Waals surface area contributed by atoms with Gasteiger partial charge in [0.25, 0.3) is 0 Å². The van der Waals surface area contributed by atoms with E-state index in [1.807, 2.05) is 0 Å². The maximum atomic E-state index is 12.9. The molecule has 0 amide bonds. The highest BCUT2D eigenvalue weighted by atomic mass is 35.5. The molecule has 1 aromatic carbocycles. The van der Waals surface area contributed by atoms with E-state index >= 15 is 0 Å². The van der Waals surface area contributed by atoms with Crippen LogP contribution in [0, 0.1) is 5.82 Å². The molecule has 0 aliphatic heterocycles. The number of ether oxygens (including phenoxy) is 1. The maximum absolute atomic E-state index is 12.9. The molecule has 0 N–H and O–H groups in total. The van der Waals surface area contributed by atoms with Gasteiger partial charge in [-0.2, -0.15) is 0 Å². The van der Waals surface area contributed by atoms with E-state index in [1.54, 1.807) is 18.3 Å². The molecule has 0 spiro atoms. The van der Waals surface area contributed by atoms with E-state index in [0.717, 1.165) is 0 Å². The van der Waals surface area contributed by atoms with E-state index in [-0.39, 0.29) is 11.6 Å². The monoisotopic (exact) mass is 271 g/mol. The number of benzene rings is 1.